The summed E-state index contributed by atoms with van der Waals surface area (Å²) in [6.07, 6.45) is 0. The zero-order valence-corrected chi connectivity index (χ0v) is 21.5. The smallest absolute Gasteiger partial charge is 0.300 e. The Morgan fingerprint density at radius 1 is 0.973 bits per heavy atom. The maximum Gasteiger partial charge on any atom is 0.300 e. The van der Waals surface area contributed by atoms with E-state index in [0.29, 0.717) is 34.1 Å². The van der Waals surface area contributed by atoms with Gasteiger partial charge in [0.15, 0.2) is 11.5 Å². The molecule has 2 aliphatic heterocycles. The van der Waals surface area contributed by atoms with Crippen LogP contribution in [-0.4, -0.2) is 30.7 Å². The van der Waals surface area contributed by atoms with Gasteiger partial charge in [-0.05, 0) is 47.7 Å². The zero-order valence-electron chi connectivity index (χ0n) is 21.5. The molecule has 1 saturated heterocycles. The van der Waals surface area contributed by atoms with Gasteiger partial charge in [0, 0.05) is 11.8 Å². The van der Waals surface area contributed by atoms with Gasteiger partial charge in [-0.25, -0.2) is 0 Å². The molecule has 2 aliphatic rings. The molecule has 1 amide bonds. The van der Waals surface area contributed by atoms with Crippen molar-refractivity contribution in [1.29, 1.82) is 0 Å². The molecule has 5 rings (SSSR count). The molecule has 1 N–H and O–H groups in total. The van der Waals surface area contributed by atoms with Gasteiger partial charge in [-0.1, -0.05) is 56.7 Å². The SMILES string of the molecule is COc1ccc(C)cc1/C(O)=C1\C(=O)C(=O)N(c2ccc3c(c2)OCO3)C1c1ccc(C(C)(C)C)cc1. The number of hydrogen-bond acceptors (Lipinski definition) is 6. The van der Waals surface area contributed by atoms with Gasteiger partial charge in [0.1, 0.15) is 11.5 Å². The Morgan fingerprint density at radius 3 is 2.35 bits per heavy atom. The first-order chi connectivity index (χ1) is 17.6. The van der Waals surface area contributed by atoms with Gasteiger partial charge in [0.05, 0.1) is 24.3 Å². The molecule has 1 unspecified atom stereocenters. The average Bonchev–Trinajstić information content (AvgIpc) is 3.45. The van der Waals surface area contributed by atoms with Crippen LogP contribution in [0.15, 0.2) is 66.2 Å². The molecular formula is C30H29NO6. The summed E-state index contributed by atoms with van der Waals surface area (Å²) in [6.45, 7) is 8.31. The van der Waals surface area contributed by atoms with Gasteiger partial charge >= 0.3 is 0 Å². The quantitative estimate of drug-likeness (QED) is 0.283. The average molecular weight is 500 g/mol. The first-order valence-electron chi connectivity index (χ1n) is 12.1. The molecule has 2 heterocycles. The van der Waals surface area contributed by atoms with Crippen molar-refractivity contribution in [2.75, 3.05) is 18.8 Å². The van der Waals surface area contributed by atoms with Crippen LogP contribution < -0.4 is 19.1 Å². The number of aliphatic hydroxyl groups is 1. The number of carbonyl (C=O) groups is 2. The molecule has 0 aliphatic carbocycles. The van der Waals surface area contributed by atoms with Crippen LogP contribution in [-0.2, 0) is 15.0 Å². The number of aliphatic hydroxyl groups excluding tert-OH is 1. The minimum absolute atomic E-state index is 0.00456. The fraction of sp³-hybridized carbons (Fsp3) is 0.267. The van der Waals surface area contributed by atoms with Crippen LogP contribution in [0.25, 0.3) is 5.76 Å². The molecule has 7 heteroatoms. The number of Topliss-reactive ketones (excluding diaryl/α,β-unsaturated/α-hetero) is 1. The second kappa shape index (κ2) is 9.00. The lowest BCUT2D eigenvalue weighted by Gasteiger charge is -2.27. The summed E-state index contributed by atoms with van der Waals surface area (Å²) < 4.78 is 16.4. The lowest BCUT2D eigenvalue weighted by Crippen LogP contribution is -2.29. The van der Waals surface area contributed by atoms with Crippen molar-refractivity contribution in [2.45, 2.75) is 39.2 Å². The second-order valence-corrected chi connectivity index (χ2v) is 10.3. The molecule has 7 nitrogen and oxygen atoms in total. The Bertz CT molecular complexity index is 1430. The Kier molecular flexibility index (Phi) is 5.94. The van der Waals surface area contributed by atoms with E-state index in [2.05, 4.69) is 20.8 Å². The highest BCUT2D eigenvalue weighted by molar-refractivity contribution is 6.51. The van der Waals surface area contributed by atoms with Crippen LogP contribution in [0.4, 0.5) is 5.69 Å². The van der Waals surface area contributed by atoms with Crippen molar-refractivity contribution in [3.8, 4) is 17.2 Å². The Morgan fingerprint density at radius 2 is 1.68 bits per heavy atom. The highest BCUT2D eigenvalue weighted by Gasteiger charge is 2.47. The molecule has 0 saturated carbocycles. The molecule has 0 aromatic heterocycles. The fourth-order valence-corrected chi connectivity index (χ4v) is 4.77. The predicted octanol–water partition coefficient (Wildman–Crippen LogP) is 5.66. The number of nitrogens with zero attached hydrogens (tertiary/aromatic N) is 1. The molecule has 3 aromatic rings. The number of benzene rings is 3. The first-order valence-corrected chi connectivity index (χ1v) is 12.1. The topological polar surface area (TPSA) is 85.3 Å². The molecule has 0 radical (unpaired) electrons. The summed E-state index contributed by atoms with van der Waals surface area (Å²) in [5, 5.41) is 11.5. The normalized spacial score (nSPS) is 18.4. The second-order valence-electron chi connectivity index (χ2n) is 10.3. The number of hydrogen-bond donors (Lipinski definition) is 1. The van der Waals surface area contributed by atoms with Gasteiger partial charge in [-0.2, -0.15) is 0 Å². The van der Waals surface area contributed by atoms with Crippen molar-refractivity contribution in [2.24, 2.45) is 0 Å². The van der Waals surface area contributed by atoms with E-state index in [1.165, 1.54) is 12.0 Å². The number of anilines is 1. The van der Waals surface area contributed by atoms with E-state index in [1.807, 2.05) is 37.3 Å². The fourth-order valence-electron chi connectivity index (χ4n) is 4.77. The monoisotopic (exact) mass is 499 g/mol. The number of rotatable bonds is 4. The standard InChI is InChI=1S/C30H29NO6/c1-17-6-12-22(35-5)21(14-17)27(32)25-26(18-7-9-19(10-8-18)30(2,3)4)31(29(34)28(25)33)20-11-13-23-24(15-20)37-16-36-23/h6-15,26,32H,16H2,1-5H3/b27-25+. The maximum atomic E-state index is 13.5. The molecule has 37 heavy (non-hydrogen) atoms. The minimum atomic E-state index is -0.861. The third-order valence-electron chi connectivity index (χ3n) is 6.78. The minimum Gasteiger partial charge on any atom is -0.507 e. The first kappa shape index (κ1) is 24.4. The van der Waals surface area contributed by atoms with Gasteiger partial charge in [-0.15, -0.1) is 0 Å². The van der Waals surface area contributed by atoms with Crippen LogP contribution in [0.1, 0.15) is 49.1 Å². The number of ketones is 1. The van der Waals surface area contributed by atoms with Crippen molar-refractivity contribution < 1.29 is 28.9 Å². The molecule has 190 valence electrons. The Hall–Kier alpha value is -4.26. The highest BCUT2D eigenvalue weighted by atomic mass is 16.7. The maximum absolute atomic E-state index is 13.5. The van der Waals surface area contributed by atoms with E-state index >= 15 is 0 Å². The molecule has 0 bridgehead atoms. The molecule has 1 atom stereocenters. The number of carbonyl (C=O) groups excluding carboxylic acids is 2. The van der Waals surface area contributed by atoms with Gasteiger partial charge in [0.25, 0.3) is 11.7 Å². The summed E-state index contributed by atoms with van der Waals surface area (Å²) in [5.41, 5.74) is 3.41. The summed E-state index contributed by atoms with van der Waals surface area (Å²) in [4.78, 5) is 28.4. The van der Waals surface area contributed by atoms with Crippen LogP contribution in [0.3, 0.4) is 0 Å². The van der Waals surface area contributed by atoms with E-state index < -0.39 is 17.7 Å². The molecule has 3 aromatic carbocycles. The molecular weight excluding hydrogens is 470 g/mol. The van der Waals surface area contributed by atoms with Crippen LogP contribution in [0, 0.1) is 6.92 Å². The van der Waals surface area contributed by atoms with Crippen molar-refractivity contribution >= 4 is 23.1 Å². The van der Waals surface area contributed by atoms with Gasteiger partial charge in [-0.3, -0.25) is 14.5 Å². The number of aryl methyl sites for hydroxylation is 1. The summed E-state index contributed by atoms with van der Waals surface area (Å²) >= 11 is 0. The van der Waals surface area contributed by atoms with Gasteiger partial charge < -0.3 is 19.3 Å². The van der Waals surface area contributed by atoms with Crippen molar-refractivity contribution in [3.05, 3.63) is 88.5 Å². The molecule has 1 fully saturated rings. The third-order valence-corrected chi connectivity index (χ3v) is 6.78. The Labute approximate surface area is 215 Å². The van der Waals surface area contributed by atoms with Crippen LogP contribution in [0.2, 0.25) is 0 Å². The lowest BCUT2D eigenvalue weighted by molar-refractivity contribution is -0.132. The van der Waals surface area contributed by atoms with E-state index in [-0.39, 0.29) is 23.5 Å². The van der Waals surface area contributed by atoms with E-state index in [0.717, 1.165) is 11.1 Å². The predicted molar refractivity (Wildman–Crippen MR) is 140 cm³/mol. The molecule has 0 spiro atoms. The summed E-state index contributed by atoms with van der Waals surface area (Å²) in [7, 11) is 1.50. The number of methoxy groups -OCH3 is 1. The van der Waals surface area contributed by atoms with E-state index in [1.54, 1.807) is 30.3 Å². The largest absolute Gasteiger partial charge is 0.507 e. The van der Waals surface area contributed by atoms with Crippen LogP contribution >= 0.6 is 0 Å². The zero-order chi connectivity index (χ0) is 26.5. The summed E-state index contributed by atoms with van der Waals surface area (Å²) in [6, 6.07) is 17.3. The lowest BCUT2D eigenvalue weighted by atomic mass is 9.85. The number of amides is 1. The number of ether oxygens (including phenoxy) is 3. The Balaban J connectivity index is 1.72. The number of fused-ring (bicyclic) bond motifs is 1. The van der Waals surface area contributed by atoms with E-state index in [9.17, 15) is 14.7 Å². The van der Waals surface area contributed by atoms with Crippen LogP contribution in [0.5, 0.6) is 17.2 Å². The van der Waals surface area contributed by atoms with Gasteiger partial charge in [0.2, 0.25) is 6.79 Å². The van der Waals surface area contributed by atoms with Crippen molar-refractivity contribution in [1.82, 2.24) is 0 Å². The van der Waals surface area contributed by atoms with E-state index in [4.69, 9.17) is 14.2 Å². The highest BCUT2D eigenvalue weighted by Crippen LogP contribution is 2.46. The summed E-state index contributed by atoms with van der Waals surface area (Å²) in [5.74, 6) is -0.343. The van der Waals surface area contributed by atoms with Crippen molar-refractivity contribution in [3.63, 3.8) is 0 Å². The third kappa shape index (κ3) is 4.20.